The monoisotopic (exact) mass is 323 g/mol. The smallest absolute Gasteiger partial charge is 0.240 e. The van der Waals surface area contributed by atoms with Crippen molar-refractivity contribution in [1.29, 1.82) is 0 Å². The standard InChI is InChI=1S/C14H17N3O4S/c1-9-14(10(2)21-17-9)8-15-22(19,20)13-6-4-12(5-7-13)16-11(3)18/h4-7,15H,8H2,1-3H3,(H,16,18). The van der Waals surface area contributed by atoms with Gasteiger partial charge in [-0.2, -0.15) is 0 Å². The minimum atomic E-state index is -3.65. The largest absolute Gasteiger partial charge is 0.361 e. The number of aryl methyl sites for hydroxylation is 2. The van der Waals surface area contributed by atoms with Crippen LogP contribution in [0.15, 0.2) is 33.7 Å². The molecule has 0 saturated heterocycles. The van der Waals surface area contributed by atoms with E-state index in [0.29, 0.717) is 17.1 Å². The lowest BCUT2D eigenvalue weighted by molar-refractivity contribution is -0.114. The van der Waals surface area contributed by atoms with Crippen LogP contribution >= 0.6 is 0 Å². The molecule has 0 saturated carbocycles. The maximum atomic E-state index is 12.2. The molecule has 0 unspecified atom stereocenters. The molecule has 0 radical (unpaired) electrons. The first-order valence-electron chi connectivity index (χ1n) is 6.58. The molecular formula is C14H17N3O4S. The van der Waals surface area contributed by atoms with Gasteiger partial charge in [-0.25, -0.2) is 13.1 Å². The molecular weight excluding hydrogens is 306 g/mol. The normalized spacial score (nSPS) is 11.4. The van der Waals surface area contributed by atoms with Gasteiger partial charge in [0.2, 0.25) is 15.9 Å². The molecule has 2 aromatic rings. The predicted octanol–water partition coefficient (Wildman–Crippen LogP) is 1.73. The summed E-state index contributed by atoms with van der Waals surface area (Å²) in [5.41, 5.74) is 1.91. The Morgan fingerprint density at radius 2 is 1.86 bits per heavy atom. The van der Waals surface area contributed by atoms with Crippen molar-refractivity contribution in [2.75, 3.05) is 5.32 Å². The Morgan fingerprint density at radius 1 is 1.23 bits per heavy atom. The van der Waals surface area contributed by atoms with Crippen molar-refractivity contribution in [1.82, 2.24) is 9.88 Å². The Bertz CT molecular complexity index is 759. The van der Waals surface area contributed by atoms with Crippen molar-refractivity contribution < 1.29 is 17.7 Å². The van der Waals surface area contributed by atoms with Gasteiger partial charge < -0.3 is 9.84 Å². The van der Waals surface area contributed by atoms with Crippen LogP contribution in [0.25, 0.3) is 0 Å². The zero-order chi connectivity index (χ0) is 16.3. The molecule has 2 N–H and O–H groups in total. The molecule has 1 amide bonds. The Morgan fingerprint density at radius 3 is 2.36 bits per heavy atom. The summed E-state index contributed by atoms with van der Waals surface area (Å²) >= 11 is 0. The van der Waals surface area contributed by atoms with Crippen LogP contribution in [0.3, 0.4) is 0 Å². The number of rotatable bonds is 5. The zero-order valence-corrected chi connectivity index (χ0v) is 13.3. The molecule has 1 aromatic carbocycles. The van der Waals surface area contributed by atoms with Crippen LogP contribution in [-0.2, 0) is 21.4 Å². The minimum absolute atomic E-state index is 0.108. The molecule has 1 heterocycles. The van der Waals surface area contributed by atoms with Crippen LogP contribution in [0.5, 0.6) is 0 Å². The Labute approximate surface area is 128 Å². The highest BCUT2D eigenvalue weighted by atomic mass is 32.2. The minimum Gasteiger partial charge on any atom is -0.361 e. The number of sulfonamides is 1. The van der Waals surface area contributed by atoms with Crippen molar-refractivity contribution in [3.8, 4) is 0 Å². The number of benzene rings is 1. The number of nitrogens with zero attached hydrogens (tertiary/aromatic N) is 1. The van der Waals surface area contributed by atoms with Gasteiger partial charge in [0, 0.05) is 24.7 Å². The summed E-state index contributed by atoms with van der Waals surface area (Å²) in [6.45, 7) is 4.97. The van der Waals surface area contributed by atoms with Gasteiger partial charge in [-0.3, -0.25) is 4.79 Å². The molecule has 7 nitrogen and oxygen atoms in total. The van der Waals surface area contributed by atoms with Gasteiger partial charge in [-0.15, -0.1) is 0 Å². The van der Waals surface area contributed by atoms with Gasteiger partial charge in [-0.1, -0.05) is 5.16 Å². The molecule has 0 spiro atoms. The lowest BCUT2D eigenvalue weighted by atomic mass is 10.2. The van der Waals surface area contributed by atoms with E-state index >= 15 is 0 Å². The van der Waals surface area contributed by atoms with E-state index in [2.05, 4.69) is 15.2 Å². The second kappa shape index (κ2) is 6.29. The van der Waals surface area contributed by atoms with Crippen LogP contribution in [0.1, 0.15) is 23.9 Å². The molecule has 22 heavy (non-hydrogen) atoms. The first kappa shape index (κ1) is 16.2. The van der Waals surface area contributed by atoms with Crippen LogP contribution in [0, 0.1) is 13.8 Å². The molecule has 0 fully saturated rings. The number of anilines is 1. The summed E-state index contributed by atoms with van der Waals surface area (Å²) < 4.78 is 32.0. The zero-order valence-electron chi connectivity index (χ0n) is 12.5. The molecule has 0 aliphatic carbocycles. The molecule has 1 aromatic heterocycles. The second-order valence-corrected chi connectivity index (χ2v) is 6.60. The van der Waals surface area contributed by atoms with Gasteiger partial charge in [0.15, 0.2) is 0 Å². The number of aromatic nitrogens is 1. The first-order valence-corrected chi connectivity index (χ1v) is 8.07. The highest BCUT2D eigenvalue weighted by molar-refractivity contribution is 7.89. The number of hydrogen-bond donors (Lipinski definition) is 2. The van der Waals surface area contributed by atoms with Crippen LogP contribution in [0.2, 0.25) is 0 Å². The highest BCUT2D eigenvalue weighted by Crippen LogP contribution is 2.16. The van der Waals surface area contributed by atoms with Crippen LogP contribution < -0.4 is 10.0 Å². The lowest BCUT2D eigenvalue weighted by Crippen LogP contribution is -2.23. The van der Waals surface area contributed by atoms with Crippen molar-refractivity contribution in [2.24, 2.45) is 0 Å². The van der Waals surface area contributed by atoms with Gasteiger partial charge in [-0.05, 0) is 38.1 Å². The maximum Gasteiger partial charge on any atom is 0.240 e. The molecule has 2 rings (SSSR count). The van der Waals surface area contributed by atoms with Gasteiger partial charge in [0.25, 0.3) is 0 Å². The summed E-state index contributed by atoms with van der Waals surface area (Å²) in [4.78, 5) is 11.1. The highest BCUT2D eigenvalue weighted by Gasteiger charge is 2.16. The molecule has 8 heteroatoms. The fraction of sp³-hybridized carbons (Fsp3) is 0.286. The van der Waals surface area contributed by atoms with E-state index in [4.69, 9.17) is 4.52 Å². The van der Waals surface area contributed by atoms with Crippen molar-refractivity contribution in [3.05, 3.63) is 41.3 Å². The molecule has 0 aliphatic heterocycles. The number of carbonyl (C=O) groups is 1. The van der Waals surface area contributed by atoms with Gasteiger partial charge in [0.05, 0.1) is 10.6 Å². The summed E-state index contributed by atoms with van der Waals surface area (Å²) in [5, 5.41) is 6.36. The number of nitrogens with one attached hydrogen (secondary N) is 2. The first-order chi connectivity index (χ1) is 10.3. The Hall–Kier alpha value is -2.19. The van der Waals surface area contributed by atoms with E-state index in [9.17, 15) is 13.2 Å². The molecule has 0 aliphatic rings. The Kier molecular flexibility index (Phi) is 4.62. The van der Waals surface area contributed by atoms with Crippen molar-refractivity contribution in [2.45, 2.75) is 32.2 Å². The average Bonchev–Trinajstić information content (AvgIpc) is 2.76. The summed E-state index contributed by atoms with van der Waals surface area (Å²) in [6.07, 6.45) is 0. The van der Waals surface area contributed by atoms with Crippen molar-refractivity contribution in [3.63, 3.8) is 0 Å². The number of hydrogen-bond acceptors (Lipinski definition) is 5. The average molecular weight is 323 g/mol. The molecule has 118 valence electrons. The van der Waals surface area contributed by atoms with Gasteiger partial charge >= 0.3 is 0 Å². The quantitative estimate of drug-likeness (QED) is 0.872. The fourth-order valence-electron chi connectivity index (χ4n) is 1.93. The fourth-order valence-corrected chi connectivity index (χ4v) is 2.92. The third kappa shape index (κ3) is 3.71. The van der Waals surface area contributed by atoms with Crippen molar-refractivity contribution >= 4 is 21.6 Å². The van der Waals surface area contributed by atoms with E-state index in [1.807, 2.05) is 0 Å². The maximum absolute atomic E-state index is 12.2. The van der Waals surface area contributed by atoms with E-state index < -0.39 is 10.0 Å². The number of amides is 1. The summed E-state index contributed by atoms with van der Waals surface area (Å²) in [7, 11) is -3.65. The van der Waals surface area contributed by atoms with E-state index in [0.717, 1.165) is 5.56 Å². The topological polar surface area (TPSA) is 101 Å². The van der Waals surface area contributed by atoms with E-state index in [-0.39, 0.29) is 17.3 Å². The van der Waals surface area contributed by atoms with Crippen LogP contribution in [0.4, 0.5) is 5.69 Å². The Balaban J connectivity index is 2.11. The van der Waals surface area contributed by atoms with E-state index in [1.54, 1.807) is 13.8 Å². The van der Waals surface area contributed by atoms with Crippen LogP contribution in [-0.4, -0.2) is 19.5 Å². The number of carbonyl (C=O) groups excluding carboxylic acids is 1. The lowest BCUT2D eigenvalue weighted by Gasteiger charge is -2.08. The van der Waals surface area contributed by atoms with Gasteiger partial charge in [0.1, 0.15) is 5.76 Å². The summed E-state index contributed by atoms with van der Waals surface area (Å²) in [6, 6.07) is 5.93. The predicted molar refractivity (Wildman–Crippen MR) is 80.7 cm³/mol. The molecule has 0 bridgehead atoms. The third-order valence-electron chi connectivity index (χ3n) is 3.11. The SMILES string of the molecule is CC(=O)Nc1ccc(S(=O)(=O)NCc2c(C)noc2C)cc1. The second-order valence-electron chi connectivity index (χ2n) is 4.83. The summed E-state index contributed by atoms with van der Waals surface area (Å²) in [5.74, 6) is 0.369. The van der Waals surface area contributed by atoms with E-state index in [1.165, 1.54) is 31.2 Å². The molecule has 0 atom stereocenters. The third-order valence-corrected chi connectivity index (χ3v) is 4.52.